The van der Waals surface area contributed by atoms with E-state index in [4.69, 9.17) is 33.0 Å². The van der Waals surface area contributed by atoms with Gasteiger partial charge in [0.1, 0.15) is 12.4 Å². The van der Waals surface area contributed by atoms with Crippen molar-refractivity contribution in [3.05, 3.63) is 41.5 Å². The van der Waals surface area contributed by atoms with Gasteiger partial charge in [-0.2, -0.15) is 0 Å². The Labute approximate surface area is 233 Å². The van der Waals surface area contributed by atoms with E-state index in [0.717, 1.165) is 10.5 Å². The number of aliphatic hydroxyl groups excluding tert-OH is 1. The Morgan fingerprint density at radius 2 is 1.76 bits per heavy atom. The van der Waals surface area contributed by atoms with Crippen LogP contribution in [0.25, 0.3) is 0 Å². The largest absolute Gasteiger partial charge is 0.491 e. The second-order valence-corrected chi connectivity index (χ2v) is 11.7. The lowest BCUT2D eigenvalue weighted by Gasteiger charge is -2.50. The molecule has 5 rings (SSSR count). The van der Waals surface area contributed by atoms with Gasteiger partial charge in [0.15, 0.2) is 9.75 Å². The monoisotopic (exact) mass is 612 g/mol. The third-order valence-corrected chi connectivity index (χ3v) is 10.0. The lowest BCUT2D eigenvalue weighted by atomic mass is 9.56. The van der Waals surface area contributed by atoms with E-state index in [-0.39, 0.29) is 36.9 Å². The minimum absolute atomic E-state index is 0.0215. The standard InChI is InChI=1S/C26H27BrCl2N2O6/c1-2-9-30-21(33)17-8-7-16-18(19(17)22(30)34)12-25(28)23(35)31(13-27)24(36)26(25,29)20(16)14-3-5-15(6-4-14)37-11-10-32/h3-7,17-20,32H,2,8-13H2,1H3/t17-,18+,19-,20-,25+,26-/m0/s1. The van der Waals surface area contributed by atoms with Gasteiger partial charge in [-0.25, -0.2) is 0 Å². The number of nitrogens with zero attached hydrogens (tertiary/aromatic N) is 2. The van der Waals surface area contributed by atoms with Crippen molar-refractivity contribution in [3.63, 3.8) is 0 Å². The summed E-state index contributed by atoms with van der Waals surface area (Å²) in [6.07, 6.45) is 2.89. The molecule has 1 saturated carbocycles. The molecule has 0 radical (unpaired) electrons. The average molecular weight is 614 g/mol. The van der Waals surface area contributed by atoms with E-state index < -0.39 is 45.2 Å². The number of imide groups is 2. The van der Waals surface area contributed by atoms with Crippen LogP contribution in [-0.4, -0.2) is 73.5 Å². The Morgan fingerprint density at radius 1 is 1.05 bits per heavy atom. The molecule has 6 atom stereocenters. The van der Waals surface area contributed by atoms with Crippen molar-refractivity contribution in [2.45, 2.75) is 41.9 Å². The summed E-state index contributed by atoms with van der Waals surface area (Å²) in [6.45, 7) is 2.23. The first-order chi connectivity index (χ1) is 17.6. The highest BCUT2D eigenvalue weighted by Gasteiger charge is 2.76. The summed E-state index contributed by atoms with van der Waals surface area (Å²) in [7, 11) is 0. The molecule has 1 aromatic rings. The summed E-state index contributed by atoms with van der Waals surface area (Å²) < 4.78 is 5.48. The van der Waals surface area contributed by atoms with Gasteiger partial charge < -0.3 is 9.84 Å². The summed E-state index contributed by atoms with van der Waals surface area (Å²) in [5, 5.41) is 9.05. The number of carbonyl (C=O) groups excluding carboxylic acids is 4. The molecule has 0 aromatic heterocycles. The van der Waals surface area contributed by atoms with Crippen LogP contribution in [0.4, 0.5) is 0 Å². The van der Waals surface area contributed by atoms with E-state index in [0.29, 0.717) is 30.7 Å². The van der Waals surface area contributed by atoms with Crippen molar-refractivity contribution in [3.8, 4) is 5.75 Å². The van der Waals surface area contributed by atoms with Crippen molar-refractivity contribution in [1.29, 1.82) is 0 Å². The highest BCUT2D eigenvalue weighted by atomic mass is 79.9. The molecule has 0 unspecified atom stereocenters. The molecule has 11 heteroatoms. The van der Waals surface area contributed by atoms with E-state index in [2.05, 4.69) is 15.9 Å². The molecule has 198 valence electrons. The summed E-state index contributed by atoms with van der Waals surface area (Å²) >= 11 is 17.6. The first kappa shape index (κ1) is 26.7. The third kappa shape index (κ3) is 3.64. The minimum Gasteiger partial charge on any atom is -0.491 e. The van der Waals surface area contributed by atoms with Gasteiger partial charge >= 0.3 is 0 Å². The van der Waals surface area contributed by atoms with Crippen molar-refractivity contribution >= 4 is 62.8 Å². The molecule has 2 aliphatic carbocycles. The molecule has 4 aliphatic rings. The molecule has 0 bridgehead atoms. The third-order valence-electron chi connectivity index (χ3n) is 8.13. The van der Waals surface area contributed by atoms with Crippen LogP contribution in [0.15, 0.2) is 35.9 Å². The van der Waals surface area contributed by atoms with Crippen LogP contribution >= 0.6 is 39.1 Å². The normalized spacial score (nSPS) is 34.9. The van der Waals surface area contributed by atoms with Crippen molar-refractivity contribution in [1.82, 2.24) is 9.80 Å². The highest BCUT2D eigenvalue weighted by Crippen LogP contribution is 2.65. The Kier molecular flexibility index (Phi) is 6.96. The maximum absolute atomic E-state index is 13.7. The van der Waals surface area contributed by atoms with Crippen molar-refractivity contribution < 1.29 is 29.0 Å². The van der Waals surface area contributed by atoms with Crippen molar-refractivity contribution in [2.75, 3.05) is 25.2 Å². The molecular formula is C26H27BrCl2N2O6. The van der Waals surface area contributed by atoms with Gasteiger partial charge in [-0.3, -0.25) is 29.0 Å². The number of alkyl halides is 3. The second-order valence-electron chi connectivity index (χ2n) is 9.96. The minimum atomic E-state index is -1.82. The Balaban J connectivity index is 1.65. The molecular weight excluding hydrogens is 587 g/mol. The quantitative estimate of drug-likeness (QED) is 0.219. The predicted octanol–water partition coefficient (Wildman–Crippen LogP) is 3.18. The molecule has 0 spiro atoms. The zero-order chi connectivity index (χ0) is 26.7. The number of halogens is 3. The number of ether oxygens (including phenoxy) is 1. The number of hydrogen-bond donors (Lipinski definition) is 1. The van der Waals surface area contributed by atoms with Crippen LogP contribution in [0.2, 0.25) is 0 Å². The summed E-state index contributed by atoms with van der Waals surface area (Å²) in [5.74, 6) is -3.65. The molecule has 2 heterocycles. The van der Waals surface area contributed by atoms with Gasteiger partial charge in [0.25, 0.3) is 11.8 Å². The van der Waals surface area contributed by atoms with E-state index in [1.807, 2.05) is 13.0 Å². The molecule has 37 heavy (non-hydrogen) atoms. The van der Waals surface area contributed by atoms with Crippen LogP contribution < -0.4 is 4.74 Å². The van der Waals surface area contributed by atoms with E-state index in [1.54, 1.807) is 24.3 Å². The molecule has 4 amide bonds. The summed E-state index contributed by atoms with van der Waals surface area (Å²) in [6, 6.07) is 6.92. The zero-order valence-corrected chi connectivity index (χ0v) is 23.3. The maximum Gasteiger partial charge on any atom is 0.254 e. The van der Waals surface area contributed by atoms with Gasteiger partial charge in [0.05, 0.1) is 23.9 Å². The predicted molar refractivity (Wildman–Crippen MR) is 139 cm³/mol. The number of likely N-dealkylation sites (tertiary alicyclic amines) is 2. The first-order valence-corrected chi connectivity index (χ1v) is 14.2. The van der Waals surface area contributed by atoms with Crippen LogP contribution in [0.5, 0.6) is 5.75 Å². The van der Waals surface area contributed by atoms with Gasteiger partial charge in [0.2, 0.25) is 11.8 Å². The molecule has 2 saturated heterocycles. The van der Waals surface area contributed by atoms with Crippen LogP contribution in [0, 0.1) is 17.8 Å². The smallest absolute Gasteiger partial charge is 0.254 e. The number of hydrogen-bond acceptors (Lipinski definition) is 6. The topological polar surface area (TPSA) is 104 Å². The number of aliphatic hydroxyl groups is 1. The SMILES string of the molecule is CCCN1C(=O)[C@H]2[C@H](CC=C3[C@H]2C[C@@]2(Cl)C(=O)N(CBr)C(=O)[C@@]2(Cl)[C@H]3c2ccc(OCCO)cc2)C1=O. The van der Waals surface area contributed by atoms with Gasteiger partial charge in [-0.05, 0) is 42.9 Å². The number of fused-ring (bicyclic) bond motifs is 4. The van der Waals surface area contributed by atoms with E-state index >= 15 is 0 Å². The first-order valence-electron chi connectivity index (χ1n) is 12.3. The highest BCUT2D eigenvalue weighted by molar-refractivity contribution is 9.09. The zero-order valence-electron chi connectivity index (χ0n) is 20.2. The summed E-state index contributed by atoms with van der Waals surface area (Å²) in [4.78, 5) is 52.6. The Morgan fingerprint density at radius 3 is 2.38 bits per heavy atom. The average Bonchev–Trinajstić information content (AvgIpc) is 3.21. The number of benzene rings is 1. The molecule has 3 fully saturated rings. The van der Waals surface area contributed by atoms with Crippen LogP contribution in [-0.2, 0) is 19.2 Å². The fourth-order valence-electron chi connectivity index (χ4n) is 6.56. The summed E-state index contributed by atoms with van der Waals surface area (Å²) in [5.41, 5.74) is 1.34. The molecule has 2 aliphatic heterocycles. The fourth-order valence-corrected chi connectivity index (χ4v) is 7.98. The number of allylic oxidation sites excluding steroid dienone is 2. The number of amides is 4. The van der Waals surface area contributed by atoms with Gasteiger partial charge in [-0.15, -0.1) is 23.2 Å². The van der Waals surface area contributed by atoms with Crippen molar-refractivity contribution in [2.24, 2.45) is 17.8 Å². The van der Waals surface area contributed by atoms with E-state index in [1.165, 1.54) is 4.90 Å². The maximum atomic E-state index is 13.7. The molecule has 8 nitrogen and oxygen atoms in total. The van der Waals surface area contributed by atoms with E-state index in [9.17, 15) is 19.2 Å². The van der Waals surface area contributed by atoms with Crippen LogP contribution in [0.1, 0.15) is 37.7 Å². The lowest BCUT2D eigenvalue weighted by Crippen LogP contribution is -2.60. The molecule has 1 N–H and O–H groups in total. The lowest BCUT2D eigenvalue weighted by molar-refractivity contribution is -0.141. The Hall–Kier alpha value is -1.94. The number of carbonyl (C=O) groups is 4. The number of rotatable bonds is 7. The van der Waals surface area contributed by atoms with Gasteiger partial charge in [-0.1, -0.05) is 46.6 Å². The fraction of sp³-hybridized carbons (Fsp3) is 0.538. The second kappa shape index (κ2) is 9.67. The molecule has 1 aromatic carbocycles. The Bertz CT molecular complexity index is 1190. The van der Waals surface area contributed by atoms with Crippen LogP contribution in [0.3, 0.4) is 0 Å². The van der Waals surface area contributed by atoms with Gasteiger partial charge in [0, 0.05) is 12.5 Å².